The maximum Gasteiger partial charge on any atom is 0.227 e. The summed E-state index contributed by atoms with van der Waals surface area (Å²) in [6.45, 7) is 2.88. The third-order valence-corrected chi connectivity index (χ3v) is 5.73. The smallest absolute Gasteiger partial charge is 0.227 e. The van der Waals surface area contributed by atoms with Crippen LogP contribution in [0.15, 0.2) is 72.0 Å². The number of hydrogen-bond donors (Lipinski definition) is 2. The molecule has 1 aromatic heterocycles. The summed E-state index contributed by atoms with van der Waals surface area (Å²) in [4.78, 5) is 18.9. The van der Waals surface area contributed by atoms with Gasteiger partial charge >= 0.3 is 0 Å². The van der Waals surface area contributed by atoms with Crippen LogP contribution in [0.2, 0.25) is 0 Å². The van der Waals surface area contributed by atoms with E-state index in [-0.39, 0.29) is 5.91 Å². The van der Waals surface area contributed by atoms with Crippen molar-refractivity contribution in [1.29, 1.82) is 0 Å². The van der Waals surface area contributed by atoms with E-state index >= 15 is 0 Å². The van der Waals surface area contributed by atoms with Crippen LogP contribution in [0.1, 0.15) is 29.5 Å². The van der Waals surface area contributed by atoms with Gasteiger partial charge in [-0.05, 0) is 41.7 Å². The van der Waals surface area contributed by atoms with Crippen LogP contribution in [-0.4, -0.2) is 41.8 Å². The summed E-state index contributed by atoms with van der Waals surface area (Å²) < 4.78 is 1.92. The fourth-order valence-corrected chi connectivity index (χ4v) is 4.03. The van der Waals surface area contributed by atoms with Gasteiger partial charge in [-0.2, -0.15) is 5.10 Å². The second-order valence-electron chi connectivity index (χ2n) is 7.85. The fourth-order valence-electron chi connectivity index (χ4n) is 4.03. The highest BCUT2D eigenvalue weighted by Gasteiger charge is 2.23. The van der Waals surface area contributed by atoms with E-state index in [9.17, 15) is 4.79 Å². The topological polar surface area (TPSA) is 74.6 Å². The number of aromatic nitrogens is 2. The number of anilines is 1. The van der Waals surface area contributed by atoms with Crippen molar-refractivity contribution in [2.75, 3.05) is 25.0 Å². The first-order valence-corrected chi connectivity index (χ1v) is 11.1. The number of amides is 1. The van der Waals surface area contributed by atoms with Crippen LogP contribution >= 0.6 is 0 Å². The highest BCUT2D eigenvalue weighted by molar-refractivity contribution is 5.95. The number of fused-ring (bicyclic) bond motifs is 1. The average molecular weight is 431 g/mol. The largest absolute Gasteiger partial charge is 0.356 e. The number of aliphatic imine (C=N–C) groups is 1. The van der Waals surface area contributed by atoms with Crippen molar-refractivity contribution in [1.82, 2.24) is 20.4 Å². The van der Waals surface area contributed by atoms with Crippen molar-refractivity contribution >= 4 is 17.6 Å². The molecule has 0 bridgehead atoms. The van der Waals surface area contributed by atoms with Gasteiger partial charge in [-0.25, -0.2) is 0 Å². The predicted molar refractivity (Wildman–Crippen MR) is 128 cm³/mol. The molecule has 2 aromatic carbocycles. The minimum absolute atomic E-state index is 0.187. The van der Waals surface area contributed by atoms with E-state index in [2.05, 4.69) is 38.9 Å². The number of nitrogens with zero attached hydrogens (tertiary/aromatic N) is 4. The van der Waals surface area contributed by atoms with Crippen molar-refractivity contribution < 1.29 is 4.79 Å². The van der Waals surface area contributed by atoms with E-state index in [1.807, 2.05) is 52.2 Å². The zero-order chi connectivity index (χ0) is 22.2. The number of benzene rings is 2. The third kappa shape index (κ3) is 5.35. The Morgan fingerprint density at radius 1 is 1.06 bits per heavy atom. The van der Waals surface area contributed by atoms with Crippen molar-refractivity contribution in [3.05, 3.63) is 83.7 Å². The molecule has 3 aromatic rings. The first-order valence-electron chi connectivity index (χ1n) is 11.1. The van der Waals surface area contributed by atoms with E-state index in [1.165, 1.54) is 16.7 Å². The highest BCUT2D eigenvalue weighted by atomic mass is 16.2. The van der Waals surface area contributed by atoms with E-state index in [4.69, 9.17) is 0 Å². The molecule has 0 saturated carbocycles. The highest BCUT2D eigenvalue weighted by Crippen LogP contribution is 2.27. The molecule has 4 rings (SSSR count). The van der Waals surface area contributed by atoms with Crippen LogP contribution in [0.5, 0.6) is 0 Å². The summed E-state index contributed by atoms with van der Waals surface area (Å²) in [6.07, 6.45) is 5.98. The Morgan fingerprint density at radius 2 is 1.88 bits per heavy atom. The first-order chi connectivity index (χ1) is 15.7. The van der Waals surface area contributed by atoms with Gasteiger partial charge in [0, 0.05) is 51.2 Å². The van der Waals surface area contributed by atoms with Gasteiger partial charge in [0.05, 0.1) is 6.54 Å². The Labute approximate surface area is 189 Å². The van der Waals surface area contributed by atoms with Gasteiger partial charge in [-0.3, -0.25) is 14.5 Å². The Morgan fingerprint density at radius 3 is 2.69 bits per heavy atom. The van der Waals surface area contributed by atoms with E-state index in [0.717, 1.165) is 37.6 Å². The van der Waals surface area contributed by atoms with Crippen molar-refractivity contribution in [2.45, 2.75) is 32.4 Å². The van der Waals surface area contributed by atoms with E-state index in [1.54, 1.807) is 13.2 Å². The summed E-state index contributed by atoms with van der Waals surface area (Å²) in [5.41, 5.74) is 4.75. The Hall–Kier alpha value is -3.61. The lowest BCUT2D eigenvalue weighted by molar-refractivity contribution is -0.118. The number of hydrogen-bond acceptors (Lipinski definition) is 3. The maximum absolute atomic E-state index is 12.6. The molecule has 2 N–H and O–H groups in total. The predicted octanol–water partition coefficient (Wildman–Crippen LogP) is 2.97. The summed E-state index contributed by atoms with van der Waals surface area (Å²) in [6, 6.07) is 18.4. The molecule has 2 heterocycles. The van der Waals surface area contributed by atoms with Crippen LogP contribution in [0.4, 0.5) is 5.69 Å². The van der Waals surface area contributed by atoms with Gasteiger partial charge < -0.3 is 15.5 Å². The molecule has 0 radical (unpaired) electrons. The summed E-state index contributed by atoms with van der Waals surface area (Å²) in [5, 5.41) is 11.0. The molecule has 0 spiro atoms. The zero-order valence-electron chi connectivity index (χ0n) is 18.5. The molecule has 1 amide bonds. The quantitative estimate of drug-likeness (QED) is 0.327. The lowest BCUT2D eigenvalue weighted by Gasteiger charge is -2.18. The molecule has 166 valence electrons. The lowest BCUT2D eigenvalue weighted by Crippen LogP contribution is -2.38. The standard InChI is InChI=1S/C25H30N6O/c1-26-25(28-18-21-9-2-3-10-22(21)19-30-16-7-15-29-30)27-14-6-12-24(32)31-17-13-20-8-4-5-11-23(20)31/h2-5,7-11,15-16H,6,12-14,17-19H2,1H3,(H2,26,27,28). The Bertz CT molecular complexity index is 1060. The molecule has 0 aliphatic carbocycles. The second kappa shape index (κ2) is 10.6. The van der Waals surface area contributed by atoms with Crippen LogP contribution in [0.25, 0.3) is 0 Å². The average Bonchev–Trinajstić information content (AvgIpc) is 3.49. The summed E-state index contributed by atoms with van der Waals surface area (Å²) >= 11 is 0. The van der Waals surface area contributed by atoms with Gasteiger partial charge in [0.1, 0.15) is 0 Å². The van der Waals surface area contributed by atoms with Crippen molar-refractivity contribution in [2.24, 2.45) is 4.99 Å². The zero-order valence-corrected chi connectivity index (χ0v) is 18.5. The SMILES string of the molecule is CN=C(NCCCC(=O)N1CCc2ccccc21)NCc1ccccc1Cn1cccn1. The summed E-state index contributed by atoms with van der Waals surface area (Å²) in [5.74, 6) is 0.921. The molecular formula is C25H30N6O. The van der Waals surface area contributed by atoms with E-state index < -0.39 is 0 Å². The molecule has 7 heteroatoms. The van der Waals surface area contributed by atoms with Crippen LogP contribution in [0.3, 0.4) is 0 Å². The minimum Gasteiger partial charge on any atom is -0.356 e. The van der Waals surface area contributed by atoms with Crippen molar-refractivity contribution in [3.8, 4) is 0 Å². The van der Waals surface area contributed by atoms with E-state index in [0.29, 0.717) is 19.5 Å². The number of rotatable bonds is 8. The Kier molecular flexibility index (Phi) is 7.17. The molecule has 32 heavy (non-hydrogen) atoms. The van der Waals surface area contributed by atoms with Crippen molar-refractivity contribution in [3.63, 3.8) is 0 Å². The molecule has 1 aliphatic rings. The number of nitrogens with one attached hydrogen (secondary N) is 2. The number of carbonyl (C=O) groups excluding carboxylic acids is 1. The van der Waals surface area contributed by atoms with Crippen LogP contribution < -0.4 is 15.5 Å². The minimum atomic E-state index is 0.187. The molecule has 0 fully saturated rings. The van der Waals surface area contributed by atoms with Gasteiger partial charge in [-0.15, -0.1) is 0 Å². The maximum atomic E-state index is 12.6. The number of guanidine groups is 1. The molecule has 0 unspecified atom stereocenters. The van der Waals surface area contributed by atoms with Gasteiger partial charge in [0.15, 0.2) is 5.96 Å². The number of carbonyl (C=O) groups is 1. The fraction of sp³-hybridized carbons (Fsp3) is 0.320. The normalized spacial score (nSPS) is 13.2. The lowest BCUT2D eigenvalue weighted by atomic mass is 10.1. The molecule has 0 atom stereocenters. The monoisotopic (exact) mass is 430 g/mol. The van der Waals surface area contributed by atoms with Gasteiger partial charge in [-0.1, -0.05) is 42.5 Å². The summed E-state index contributed by atoms with van der Waals surface area (Å²) in [7, 11) is 1.76. The van der Waals surface area contributed by atoms with Crippen LogP contribution in [0, 0.1) is 0 Å². The number of para-hydroxylation sites is 1. The second-order valence-corrected chi connectivity index (χ2v) is 7.85. The van der Waals surface area contributed by atoms with Crippen LogP contribution in [-0.2, 0) is 24.3 Å². The van der Waals surface area contributed by atoms with Gasteiger partial charge in [0.2, 0.25) is 5.91 Å². The Balaban J connectivity index is 1.22. The molecule has 7 nitrogen and oxygen atoms in total. The molecule has 1 aliphatic heterocycles. The third-order valence-electron chi connectivity index (χ3n) is 5.73. The molecule has 0 saturated heterocycles. The molecular weight excluding hydrogens is 400 g/mol. The first kappa shape index (κ1) is 21.6. The van der Waals surface area contributed by atoms with Gasteiger partial charge in [0.25, 0.3) is 0 Å².